The lowest BCUT2D eigenvalue weighted by molar-refractivity contribution is -0.121. The summed E-state index contributed by atoms with van der Waals surface area (Å²) in [5, 5.41) is 8.13. The normalized spacial score (nSPS) is 14.5. The number of nitrogens with zero attached hydrogens (tertiary/aromatic N) is 1. The third-order valence-corrected chi connectivity index (χ3v) is 4.57. The maximum absolute atomic E-state index is 12.3. The summed E-state index contributed by atoms with van der Waals surface area (Å²) in [7, 11) is 0. The number of ether oxygens (including phenoxy) is 1. The summed E-state index contributed by atoms with van der Waals surface area (Å²) in [5.74, 6) is 1.12. The highest BCUT2D eigenvalue weighted by molar-refractivity contribution is 7.07. The summed E-state index contributed by atoms with van der Waals surface area (Å²) in [5.41, 5.74) is 3.38. The molecule has 1 aromatic heterocycles. The topological polar surface area (TPSA) is 63.2 Å². The van der Waals surface area contributed by atoms with Crippen LogP contribution < -0.4 is 15.4 Å². The van der Waals surface area contributed by atoms with Crippen molar-refractivity contribution in [3.05, 3.63) is 40.8 Å². The number of hydrogen-bond donors (Lipinski definition) is 2. The van der Waals surface area contributed by atoms with Gasteiger partial charge >= 0.3 is 0 Å². The van der Waals surface area contributed by atoms with E-state index in [1.807, 2.05) is 36.6 Å². The first-order valence-corrected chi connectivity index (χ1v) is 8.29. The van der Waals surface area contributed by atoms with Crippen LogP contribution in [0.15, 0.2) is 35.2 Å². The number of rotatable bonds is 6. The molecule has 0 saturated carbocycles. The van der Waals surface area contributed by atoms with Crippen molar-refractivity contribution in [2.45, 2.75) is 13.5 Å². The predicted molar refractivity (Wildman–Crippen MR) is 102 cm³/mol. The van der Waals surface area contributed by atoms with Gasteiger partial charge < -0.3 is 15.4 Å². The van der Waals surface area contributed by atoms with Crippen LogP contribution in [-0.4, -0.2) is 24.0 Å². The van der Waals surface area contributed by atoms with E-state index < -0.39 is 0 Å². The average molecular weight is 390 g/mol. The molecular formula is C16H21Cl2N3O2S. The molecule has 0 bridgehead atoms. The van der Waals surface area contributed by atoms with Gasteiger partial charge in [0.25, 0.3) is 0 Å². The maximum atomic E-state index is 12.3. The molecule has 1 amide bonds. The fourth-order valence-electron chi connectivity index (χ4n) is 2.28. The molecule has 132 valence electrons. The summed E-state index contributed by atoms with van der Waals surface area (Å²) in [4.78, 5) is 16.5. The zero-order valence-corrected chi connectivity index (χ0v) is 15.7. The molecule has 1 aromatic carbocycles. The number of para-hydroxylation sites is 2. The van der Waals surface area contributed by atoms with Crippen LogP contribution in [0.25, 0.3) is 0 Å². The van der Waals surface area contributed by atoms with Crippen LogP contribution in [0, 0.1) is 11.8 Å². The van der Waals surface area contributed by atoms with Crippen molar-refractivity contribution in [3.8, 4) is 5.75 Å². The molecule has 0 spiro atoms. The lowest BCUT2D eigenvalue weighted by atomic mass is 9.88. The second kappa shape index (κ2) is 9.84. The molecule has 24 heavy (non-hydrogen) atoms. The lowest BCUT2D eigenvalue weighted by Crippen LogP contribution is -2.48. The fraction of sp³-hybridized carbons (Fsp3) is 0.375. The number of aromatic nitrogens is 1. The maximum Gasteiger partial charge on any atom is 0.227 e. The third-order valence-electron chi connectivity index (χ3n) is 3.94. The van der Waals surface area contributed by atoms with Crippen LogP contribution >= 0.6 is 36.2 Å². The number of amides is 1. The van der Waals surface area contributed by atoms with E-state index in [-0.39, 0.29) is 36.6 Å². The van der Waals surface area contributed by atoms with Gasteiger partial charge in [-0.25, -0.2) is 4.98 Å². The molecule has 1 aliphatic heterocycles. The van der Waals surface area contributed by atoms with Crippen molar-refractivity contribution in [3.63, 3.8) is 0 Å². The zero-order chi connectivity index (χ0) is 15.4. The number of carbonyl (C=O) groups excluding carboxylic acids is 1. The van der Waals surface area contributed by atoms with Crippen LogP contribution in [0.2, 0.25) is 0 Å². The largest absolute Gasteiger partial charge is 0.485 e. The number of halogens is 2. The van der Waals surface area contributed by atoms with Crippen molar-refractivity contribution in [2.75, 3.05) is 18.4 Å². The molecule has 2 N–H and O–H groups in total. The highest BCUT2D eigenvalue weighted by atomic mass is 35.5. The van der Waals surface area contributed by atoms with E-state index in [1.54, 1.807) is 5.51 Å². The molecule has 1 aliphatic rings. The van der Waals surface area contributed by atoms with Gasteiger partial charge in [-0.2, -0.15) is 0 Å². The number of benzene rings is 1. The van der Waals surface area contributed by atoms with Crippen molar-refractivity contribution in [1.29, 1.82) is 0 Å². The Kier molecular flexibility index (Phi) is 8.48. The lowest BCUT2D eigenvalue weighted by Gasteiger charge is -2.31. The van der Waals surface area contributed by atoms with Crippen LogP contribution in [0.4, 0.5) is 5.69 Å². The SMILES string of the molecule is CC(C(=O)Nc1ccccc1OCc1cscn1)C1CNC1.Cl.Cl. The Morgan fingerprint density at radius 2 is 2.17 bits per heavy atom. The van der Waals surface area contributed by atoms with E-state index in [0.717, 1.165) is 18.8 Å². The minimum Gasteiger partial charge on any atom is -0.485 e. The Labute approximate surface area is 158 Å². The Bertz CT molecular complexity index is 636. The predicted octanol–water partition coefficient (Wildman–Crippen LogP) is 3.36. The number of thiazole rings is 1. The summed E-state index contributed by atoms with van der Waals surface area (Å²) >= 11 is 1.54. The second-order valence-corrected chi connectivity index (χ2v) is 6.18. The molecule has 1 fully saturated rings. The first kappa shape index (κ1) is 20.7. The van der Waals surface area contributed by atoms with E-state index in [9.17, 15) is 4.79 Å². The van der Waals surface area contributed by atoms with Gasteiger partial charge in [-0.05, 0) is 31.1 Å². The Morgan fingerprint density at radius 3 is 2.79 bits per heavy atom. The Balaban J connectivity index is 0.00000144. The van der Waals surface area contributed by atoms with E-state index in [0.29, 0.717) is 24.0 Å². The van der Waals surface area contributed by atoms with Crippen molar-refractivity contribution in [2.24, 2.45) is 11.8 Å². The van der Waals surface area contributed by atoms with E-state index in [1.165, 1.54) is 11.3 Å². The highest BCUT2D eigenvalue weighted by Gasteiger charge is 2.29. The molecule has 3 rings (SSSR count). The van der Waals surface area contributed by atoms with Crippen LogP contribution in [0.3, 0.4) is 0 Å². The molecule has 1 atom stereocenters. The summed E-state index contributed by atoms with van der Waals surface area (Å²) in [6, 6.07) is 7.50. The smallest absolute Gasteiger partial charge is 0.227 e. The van der Waals surface area contributed by atoms with Crippen LogP contribution in [-0.2, 0) is 11.4 Å². The standard InChI is InChI=1S/C16H19N3O2S.2ClH/c1-11(12-6-17-7-12)16(20)19-14-4-2-3-5-15(14)21-8-13-9-22-10-18-13;;/h2-5,9-12,17H,6-8H2,1H3,(H,19,20);2*1H. The molecular weight excluding hydrogens is 369 g/mol. The molecule has 2 heterocycles. The first-order valence-electron chi connectivity index (χ1n) is 7.34. The number of anilines is 1. The monoisotopic (exact) mass is 389 g/mol. The van der Waals surface area contributed by atoms with Crippen LogP contribution in [0.1, 0.15) is 12.6 Å². The van der Waals surface area contributed by atoms with Gasteiger partial charge in [-0.1, -0.05) is 19.1 Å². The van der Waals surface area contributed by atoms with E-state index >= 15 is 0 Å². The third kappa shape index (κ3) is 5.08. The van der Waals surface area contributed by atoms with Gasteiger partial charge in [0.2, 0.25) is 5.91 Å². The minimum atomic E-state index is -0.00662. The fourth-order valence-corrected chi connectivity index (χ4v) is 2.82. The minimum absolute atomic E-state index is 0. The van der Waals surface area contributed by atoms with Gasteiger partial charge in [-0.15, -0.1) is 36.2 Å². The number of nitrogens with one attached hydrogen (secondary N) is 2. The van der Waals surface area contributed by atoms with Crippen LogP contribution in [0.5, 0.6) is 5.75 Å². The average Bonchev–Trinajstić information content (AvgIpc) is 2.97. The zero-order valence-electron chi connectivity index (χ0n) is 13.2. The Hall–Kier alpha value is -1.34. The molecule has 1 saturated heterocycles. The first-order chi connectivity index (χ1) is 10.7. The van der Waals surface area contributed by atoms with Gasteiger partial charge in [0.05, 0.1) is 16.9 Å². The van der Waals surface area contributed by atoms with Gasteiger partial charge in [-0.3, -0.25) is 4.79 Å². The molecule has 0 radical (unpaired) electrons. The van der Waals surface area contributed by atoms with Gasteiger partial charge in [0.1, 0.15) is 12.4 Å². The van der Waals surface area contributed by atoms with E-state index in [2.05, 4.69) is 15.6 Å². The number of hydrogen-bond acceptors (Lipinski definition) is 5. The van der Waals surface area contributed by atoms with E-state index in [4.69, 9.17) is 4.74 Å². The Morgan fingerprint density at radius 1 is 1.42 bits per heavy atom. The summed E-state index contributed by atoms with van der Waals surface area (Å²) in [6.07, 6.45) is 0. The summed E-state index contributed by atoms with van der Waals surface area (Å²) in [6.45, 7) is 4.20. The molecule has 5 nitrogen and oxygen atoms in total. The second-order valence-electron chi connectivity index (χ2n) is 5.46. The quantitative estimate of drug-likeness (QED) is 0.794. The highest BCUT2D eigenvalue weighted by Crippen LogP contribution is 2.26. The van der Waals surface area contributed by atoms with Crippen molar-refractivity contribution >= 4 is 47.7 Å². The van der Waals surface area contributed by atoms with Crippen molar-refractivity contribution < 1.29 is 9.53 Å². The molecule has 2 aromatic rings. The van der Waals surface area contributed by atoms with Crippen molar-refractivity contribution in [1.82, 2.24) is 10.3 Å². The van der Waals surface area contributed by atoms with Gasteiger partial charge in [0, 0.05) is 11.3 Å². The number of carbonyl (C=O) groups is 1. The molecule has 1 unspecified atom stereocenters. The molecule has 8 heteroatoms. The summed E-state index contributed by atoms with van der Waals surface area (Å²) < 4.78 is 5.78. The van der Waals surface area contributed by atoms with Gasteiger partial charge in [0.15, 0.2) is 0 Å². The molecule has 0 aliphatic carbocycles.